The molecule has 1 heterocycles. The maximum Gasteiger partial charge on any atom is 0.228 e. The normalized spacial score (nSPS) is 10.8. The summed E-state index contributed by atoms with van der Waals surface area (Å²) in [5.41, 5.74) is 18.9. The number of hydrogen-bond donors (Lipinski definition) is 2. The van der Waals surface area contributed by atoms with Crippen molar-refractivity contribution in [3.05, 3.63) is 169 Å². The molecule has 0 amide bonds. The number of anilines is 2. The zero-order chi connectivity index (χ0) is 36.2. The second-order valence-electron chi connectivity index (χ2n) is 12.5. The summed E-state index contributed by atoms with van der Waals surface area (Å²) < 4.78 is 0. The van der Waals surface area contributed by atoms with Crippen LogP contribution in [0.1, 0.15) is 23.0 Å². The Morgan fingerprint density at radius 1 is 0.442 bits per heavy atom. The molecule has 6 heteroatoms. The number of nitrogens with two attached hydrogens (primary N) is 2. The van der Waals surface area contributed by atoms with E-state index in [-0.39, 0.29) is 0 Å². The summed E-state index contributed by atoms with van der Waals surface area (Å²) in [6, 6.07) is 51.9. The fraction of sp³-hybridized carbons (Fsp3) is 0.0435. The first-order valence-electron chi connectivity index (χ1n) is 17.0. The predicted octanol–water partition coefficient (Wildman–Crippen LogP) is 10.5. The Morgan fingerprint density at radius 3 is 1.23 bits per heavy atom. The Bertz CT molecular complexity index is 2700. The second-order valence-corrected chi connectivity index (χ2v) is 12.5. The SMILES string of the molecule is CC(=O)C(=O)c1ccccc1.Cc1nc2c3ccccc3c3ccccc3c2nc1-c1ccccc1.Nc1c(N)c2ccccc2c2ccccc12. The minimum atomic E-state index is -0.425. The van der Waals surface area contributed by atoms with Crippen molar-refractivity contribution in [2.45, 2.75) is 13.8 Å². The number of ketones is 2. The van der Waals surface area contributed by atoms with E-state index in [0.29, 0.717) is 16.9 Å². The van der Waals surface area contributed by atoms with Crippen molar-refractivity contribution >= 4 is 77.1 Å². The third-order valence-corrected chi connectivity index (χ3v) is 9.14. The molecule has 252 valence electrons. The van der Waals surface area contributed by atoms with Crippen LogP contribution in [0.5, 0.6) is 0 Å². The van der Waals surface area contributed by atoms with E-state index in [0.717, 1.165) is 60.3 Å². The smallest absolute Gasteiger partial charge is 0.228 e. The van der Waals surface area contributed by atoms with E-state index >= 15 is 0 Å². The summed E-state index contributed by atoms with van der Waals surface area (Å²) in [5, 5.41) is 9.13. The number of carbonyl (C=O) groups excluding carboxylic acids is 2. The number of aryl methyl sites for hydroxylation is 1. The molecule has 0 spiro atoms. The van der Waals surface area contributed by atoms with Gasteiger partial charge >= 0.3 is 0 Å². The van der Waals surface area contributed by atoms with Gasteiger partial charge in [-0.05, 0) is 28.5 Å². The number of hydrogen-bond acceptors (Lipinski definition) is 6. The van der Waals surface area contributed by atoms with Gasteiger partial charge in [-0.1, -0.05) is 158 Å². The fourth-order valence-corrected chi connectivity index (χ4v) is 6.60. The summed E-state index contributed by atoms with van der Waals surface area (Å²) in [4.78, 5) is 31.6. The molecule has 0 radical (unpaired) electrons. The molecule has 4 N–H and O–H groups in total. The number of aromatic nitrogens is 2. The third kappa shape index (κ3) is 6.41. The van der Waals surface area contributed by atoms with Gasteiger partial charge in [-0.25, -0.2) is 9.97 Å². The van der Waals surface area contributed by atoms with Crippen LogP contribution in [0.3, 0.4) is 0 Å². The zero-order valence-electron chi connectivity index (χ0n) is 28.9. The monoisotopic (exact) mass is 676 g/mol. The lowest BCUT2D eigenvalue weighted by atomic mass is 9.99. The lowest BCUT2D eigenvalue weighted by molar-refractivity contribution is -0.113. The minimum Gasteiger partial charge on any atom is -0.397 e. The maximum absolute atomic E-state index is 11.0. The number of Topliss-reactive ketones (excluding diaryl/α,β-unsaturated/α-hetero) is 2. The molecule has 9 aromatic rings. The summed E-state index contributed by atoms with van der Waals surface area (Å²) in [5.74, 6) is -0.846. The van der Waals surface area contributed by atoms with Crippen LogP contribution >= 0.6 is 0 Å². The van der Waals surface area contributed by atoms with E-state index in [9.17, 15) is 9.59 Å². The summed E-state index contributed by atoms with van der Waals surface area (Å²) in [6.07, 6.45) is 0. The van der Waals surface area contributed by atoms with E-state index in [1.165, 1.54) is 17.7 Å². The number of benzene rings is 8. The summed E-state index contributed by atoms with van der Waals surface area (Å²) >= 11 is 0. The third-order valence-electron chi connectivity index (χ3n) is 9.14. The van der Waals surface area contributed by atoms with Crippen LogP contribution in [0.15, 0.2) is 158 Å². The molecule has 1 aromatic heterocycles. The van der Waals surface area contributed by atoms with Gasteiger partial charge in [0.15, 0.2) is 5.78 Å². The Labute approximate surface area is 301 Å². The Kier molecular flexibility index (Phi) is 9.37. The van der Waals surface area contributed by atoms with Crippen LogP contribution in [-0.4, -0.2) is 21.5 Å². The van der Waals surface area contributed by atoms with Gasteiger partial charge in [0.25, 0.3) is 0 Å². The average molecular weight is 677 g/mol. The number of nitrogen functional groups attached to an aromatic ring is 2. The van der Waals surface area contributed by atoms with Gasteiger partial charge in [0.05, 0.1) is 33.8 Å². The lowest BCUT2D eigenvalue weighted by Gasteiger charge is -2.12. The Hall–Kier alpha value is -6.92. The largest absolute Gasteiger partial charge is 0.397 e. The highest BCUT2D eigenvalue weighted by molar-refractivity contribution is 6.42. The van der Waals surface area contributed by atoms with Crippen molar-refractivity contribution in [3.63, 3.8) is 0 Å². The molecule has 0 aliphatic heterocycles. The molecule has 9 rings (SSSR count). The molecule has 0 atom stereocenters. The zero-order valence-corrected chi connectivity index (χ0v) is 28.9. The van der Waals surface area contributed by atoms with E-state index < -0.39 is 11.6 Å². The van der Waals surface area contributed by atoms with E-state index in [1.54, 1.807) is 30.3 Å². The summed E-state index contributed by atoms with van der Waals surface area (Å²) in [7, 11) is 0. The van der Waals surface area contributed by atoms with Crippen molar-refractivity contribution in [2.75, 3.05) is 11.5 Å². The highest BCUT2D eigenvalue weighted by Gasteiger charge is 2.14. The maximum atomic E-state index is 11.0. The van der Waals surface area contributed by atoms with Crippen LogP contribution in [0, 0.1) is 6.92 Å². The Balaban J connectivity index is 0.000000134. The van der Waals surface area contributed by atoms with E-state index in [1.807, 2.05) is 61.5 Å². The lowest BCUT2D eigenvalue weighted by Crippen LogP contribution is -2.08. The van der Waals surface area contributed by atoms with Crippen molar-refractivity contribution < 1.29 is 9.59 Å². The van der Waals surface area contributed by atoms with E-state index in [4.69, 9.17) is 21.4 Å². The molecule has 8 aromatic carbocycles. The molecule has 0 saturated carbocycles. The summed E-state index contributed by atoms with van der Waals surface area (Å²) in [6.45, 7) is 3.31. The van der Waals surface area contributed by atoms with Crippen molar-refractivity contribution in [2.24, 2.45) is 0 Å². The van der Waals surface area contributed by atoms with Crippen LogP contribution in [0.4, 0.5) is 11.4 Å². The molecule has 0 unspecified atom stereocenters. The molecule has 6 nitrogen and oxygen atoms in total. The number of fused-ring (bicyclic) bond motifs is 9. The molecule has 0 saturated heterocycles. The van der Waals surface area contributed by atoms with Gasteiger partial charge in [0, 0.05) is 39.6 Å². The predicted molar refractivity (Wildman–Crippen MR) is 216 cm³/mol. The minimum absolute atomic E-state index is 0.420. The average Bonchev–Trinajstić information content (AvgIpc) is 3.20. The Morgan fingerprint density at radius 2 is 0.788 bits per heavy atom. The number of rotatable bonds is 3. The standard InChI is InChI=1S/C23H16N2.C14H12N2.C9H8O2/c1-15-21(16-9-3-2-4-10-16)25-23-20-14-8-6-12-18(20)17-11-5-7-13-19(17)22(23)24-15;15-13-11-7-3-1-5-9(11)10-6-2-4-8-12(10)14(13)16;1-7(10)9(11)8-5-3-2-4-6-8/h2-14H,1H3;1-8H,15-16H2;2-6H,1H3. The number of carbonyl (C=O) groups is 2. The van der Waals surface area contributed by atoms with Crippen LogP contribution in [-0.2, 0) is 4.79 Å². The van der Waals surface area contributed by atoms with Crippen molar-refractivity contribution in [1.82, 2.24) is 9.97 Å². The van der Waals surface area contributed by atoms with Gasteiger partial charge in [-0.2, -0.15) is 0 Å². The second kappa shape index (κ2) is 14.5. The quantitative estimate of drug-likeness (QED) is 0.0633. The van der Waals surface area contributed by atoms with Crippen molar-refractivity contribution in [3.8, 4) is 11.3 Å². The van der Waals surface area contributed by atoms with Crippen molar-refractivity contribution in [1.29, 1.82) is 0 Å². The number of nitrogens with zero attached hydrogens (tertiary/aromatic N) is 2. The first kappa shape index (κ1) is 33.6. The van der Waals surface area contributed by atoms with Gasteiger partial charge in [-0.15, -0.1) is 0 Å². The molecular formula is C46H36N4O2. The van der Waals surface area contributed by atoms with Crippen LogP contribution in [0.25, 0.3) is 65.4 Å². The highest BCUT2D eigenvalue weighted by atomic mass is 16.2. The molecule has 0 aliphatic carbocycles. The molecule has 0 fully saturated rings. The first-order valence-corrected chi connectivity index (χ1v) is 17.0. The van der Waals surface area contributed by atoms with E-state index in [2.05, 4.69) is 72.8 Å². The molecular weight excluding hydrogens is 641 g/mol. The van der Waals surface area contributed by atoms with Gasteiger partial charge in [0.1, 0.15) is 0 Å². The highest BCUT2D eigenvalue weighted by Crippen LogP contribution is 2.37. The molecule has 52 heavy (non-hydrogen) atoms. The van der Waals surface area contributed by atoms with Crippen LogP contribution < -0.4 is 11.5 Å². The molecule has 0 bridgehead atoms. The molecule has 0 aliphatic rings. The van der Waals surface area contributed by atoms with Gasteiger partial charge in [0.2, 0.25) is 5.78 Å². The topological polar surface area (TPSA) is 112 Å². The van der Waals surface area contributed by atoms with Gasteiger partial charge in [-0.3, -0.25) is 9.59 Å². The van der Waals surface area contributed by atoms with Crippen LogP contribution in [0.2, 0.25) is 0 Å². The first-order chi connectivity index (χ1) is 25.3. The van der Waals surface area contributed by atoms with Gasteiger partial charge < -0.3 is 11.5 Å². The fourth-order valence-electron chi connectivity index (χ4n) is 6.60.